The van der Waals surface area contributed by atoms with Crippen molar-refractivity contribution in [2.75, 3.05) is 29.9 Å². The molecule has 0 bridgehead atoms. The Morgan fingerprint density at radius 3 is 2.50 bits per heavy atom. The van der Waals surface area contributed by atoms with Crippen LogP contribution < -0.4 is 10.2 Å². The predicted molar refractivity (Wildman–Crippen MR) is 127 cm³/mol. The topological polar surface area (TPSA) is 113 Å². The minimum atomic E-state index is -0.660. The largest absolute Gasteiger partial charge is 0.366 e. The van der Waals surface area contributed by atoms with E-state index in [9.17, 15) is 28.9 Å². The van der Waals surface area contributed by atoms with Crippen molar-refractivity contribution in [1.82, 2.24) is 4.90 Å². The molecule has 2 saturated heterocycles. The van der Waals surface area contributed by atoms with E-state index in [-0.39, 0.29) is 10.6 Å². The van der Waals surface area contributed by atoms with Gasteiger partial charge in [-0.1, -0.05) is 6.07 Å². The van der Waals surface area contributed by atoms with Crippen LogP contribution in [-0.2, 0) is 9.59 Å². The molecular weight excluding hydrogens is 463 g/mol. The van der Waals surface area contributed by atoms with E-state index < -0.39 is 34.3 Å². The zero-order valence-corrected chi connectivity index (χ0v) is 18.8. The Bertz CT molecular complexity index is 1180. The lowest BCUT2D eigenvalue weighted by molar-refractivity contribution is -0.384. The summed E-state index contributed by atoms with van der Waals surface area (Å²) >= 11 is 0.662. The van der Waals surface area contributed by atoms with Gasteiger partial charge in [-0.3, -0.25) is 29.4 Å². The number of imide groups is 1. The molecule has 3 amide bonds. The number of halogens is 1. The molecule has 0 spiro atoms. The average Bonchev–Trinajstić information content (AvgIpc) is 3.08. The van der Waals surface area contributed by atoms with E-state index in [4.69, 9.17) is 0 Å². The van der Waals surface area contributed by atoms with Crippen LogP contribution >= 0.6 is 11.8 Å². The molecular formula is C23H21FN4O5S. The lowest BCUT2D eigenvalue weighted by atomic mass is 10.1. The lowest BCUT2D eigenvalue weighted by Gasteiger charge is -2.28. The summed E-state index contributed by atoms with van der Waals surface area (Å²) in [4.78, 5) is 51.4. The SMILES string of the molecule is O=C(CN1C(=O)SC(=Cc2ccc(N3CCCCC3)c([N+](=O)[O-])c2)C1=O)Nc1ccc(F)cc1. The molecule has 2 aromatic rings. The monoisotopic (exact) mass is 484 g/mol. The summed E-state index contributed by atoms with van der Waals surface area (Å²) in [5, 5.41) is 13.5. The molecule has 2 fully saturated rings. The maximum atomic E-state index is 13.0. The summed E-state index contributed by atoms with van der Waals surface area (Å²) in [7, 11) is 0. The van der Waals surface area contributed by atoms with Crippen LogP contribution in [0.2, 0.25) is 0 Å². The smallest absolute Gasteiger partial charge is 0.294 e. The number of hydrogen-bond acceptors (Lipinski definition) is 7. The molecule has 2 aromatic carbocycles. The summed E-state index contributed by atoms with van der Waals surface area (Å²) in [6, 6.07) is 9.80. The zero-order chi connectivity index (χ0) is 24.2. The van der Waals surface area contributed by atoms with E-state index in [1.54, 1.807) is 12.1 Å². The number of piperidine rings is 1. The average molecular weight is 485 g/mol. The summed E-state index contributed by atoms with van der Waals surface area (Å²) in [6.45, 7) is 0.992. The third-order valence-electron chi connectivity index (χ3n) is 5.49. The highest BCUT2D eigenvalue weighted by Crippen LogP contribution is 2.35. The second-order valence-electron chi connectivity index (χ2n) is 7.88. The quantitative estimate of drug-likeness (QED) is 0.367. The number of nitro benzene ring substituents is 1. The molecule has 4 rings (SSSR count). The molecule has 11 heteroatoms. The Balaban J connectivity index is 1.49. The predicted octanol–water partition coefficient (Wildman–Crippen LogP) is 4.40. The number of benzene rings is 2. The number of amides is 3. The summed E-state index contributed by atoms with van der Waals surface area (Å²) in [5.74, 6) is -1.73. The van der Waals surface area contributed by atoms with Gasteiger partial charge in [0.25, 0.3) is 16.8 Å². The van der Waals surface area contributed by atoms with Gasteiger partial charge in [-0.15, -0.1) is 0 Å². The van der Waals surface area contributed by atoms with Crippen molar-refractivity contribution < 1.29 is 23.7 Å². The maximum Gasteiger partial charge on any atom is 0.294 e. The first-order valence-electron chi connectivity index (χ1n) is 10.7. The van der Waals surface area contributed by atoms with Crippen molar-refractivity contribution in [3.63, 3.8) is 0 Å². The Kier molecular flexibility index (Phi) is 6.92. The molecule has 2 aliphatic rings. The third kappa shape index (κ3) is 5.25. The molecule has 176 valence electrons. The highest BCUT2D eigenvalue weighted by Gasteiger charge is 2.36. The Morgan fingerprint density at radius 1 is 1.12 bits per heavy atom. The van der Waals surface area contributed by atoms with Crippen LogP contribution in [-0.4, -0.2) is 46.5 Å². The van der Waals surface area contributed by atoms with Crippen LogP contribution in [0.1, 0.15) is 24.8 Å². The van der Waals surface area contributed by atoms with E-state index in [2.05, 4.69) is 5.32 Å². The fourth-order valence-corrected chi connectivity index (χ4v) is 4.68. The number of nitrogens with one attached hydrogen (secondary N) is 1. The van der Waals surface area contributed by atoms with E-state index >= 15 is 0 Å². The summed E-state index contributed by atoms with van der Waals surface area (Å²) in [5.41, 5.74) is 1.21. The first kappa shape index (κ1) is 23.4. The first-order valence-corrected chi connectivity index (χ1v) is 11.5. The maximum absolute atomic E-state index is 13.0. The van der Waals surface area contributed by atoms with Gasteiger partial charge >= 0.3 is 0 Å². The number of nitrogens with zero attached hydrogens (tertiary/aromatic N) is 3. The second kappa shape index (κ2) is 10.0. The van der Waals surface area contributed by atoms with Gasteiger partial charge in [-0.25, -0.2) is 4.39 Å². The normalized spacial score (nSPS) is 17.4. The molecule has 1 N–H and O–H groups in total. The van der Waals surface area contributed by atoms with Crippen LogP contribution in [0, 0.1) is 15.9 Å². The molecule has 0 aromatic heterocycles. The number of thioether (sulfide) groups is 1. The first-order chi connectivity index (χ1) is 16.3. The van der Waals surface area contributed by atoms with Gasteiger partial charge in [0.05, 0.1) is 9.83 Å². The van der Waals surface area contributed by atoms with Gasteiger partial charge in [-0.05, 0) is 73.0 Å². The van der Waals surface area contributed by atoms with Crippen LogP contribution in [0.25, 0.3) is 6.08 Å². The molecule has 0 aliphatic carbocycles. The fraction of sp³-hybridized carbons (Fsp3) is 0.261. The van der Waals surface area contributed by atoms with Crippen LogP contribution in [0.15, 0.2) is 47.4 Å². The Labute approximate surface area is 198 Å². The minimum absolute atomic E-state index is 0.0615. The van der Waals surface area contributed by atoms with Crippen LogP contribution in [0.4, 0.5) is 26.2 Å². The van der Waals surface area contributed by atoms with Gasteiger partial charge in [0.2, 0.25) is 5.91 Å². The summed E-state index contributed by atoms with van der Waals surface area (Å²) in [6.07, 6.45) is 4.46. The van der Waals surface area contributed by atoms with E-state index in [0.29, 0.717) is 28.7 Å². The van der Waals surface area contributed by atoms with E-state index in [1.807, 2.05) is 4.90 Å². The number of nitro groups is 1. The number of hydrogen-bond donors (Lipinski definition) is 1. The van der Waals surface area contributed by atoms with Crippen molar-refractivity contribution >= 4 is 52.0 Å². The molecule has 0 atom stereocenters. The fourth-order valence-electron chi connectivity index (χ4n) is 3.84. The molecule has 0 unspecified atom stereocenters. The van der Waals surface area contributed by atoms with Crippen LogP contribution in [0.5, 0.6) is 0 Å². The minimum Gasteiger partial charge on any atom is -0.366 e. The van der Waals surface area contributed by atoms with E-state index in [0.717, 1.165) is 37.3 Å². The standard InChI is InChI=1S/C23H21FN4O5S/c24-16-5-7-17(8-6-16)25-21(29)14-27-22(30)20(34-23(27)31)13-15-4-9-18(19(12-15)28(32)33)26-10-2-1-3-11-26/h4-9,12-13H,1-3,10-11,14H2,(H,25,29). The second-order valence-corrected chi connectivity index (χ2v) is 8.87. The zero-order valence-electron chi connectivity index (χ0n) is 18.0. The molecule has 0 radical (unpaired) electrons. The summed E-state index contributed by atoms with van der Waals surface area (Å²) < 4.78 is 13.0. The van der Waals surface area contributed by atoms with Crippen molar-refractivity contribution in [3.8, 4) is 0 Å². The van der Waals surface area contributed by atoms with E-state index in [1.165, 1.54) is 36.4 Å². The number of carbonyl (C=O) groups is 3. The number of anilines is 2. The van der Waals surface area contributed by atoms with Gasteiger partial charge in [-0.2, -0.15) is 0 Å². The van der Waals surface area contributed by atoms with Gasteiger partial charge < -0.3 is 10.2 Å². The molecule has 2 heterocycles. The molecule has 0 saturated carbocycles. The Hall–Kier alpha value is -3.73. The Morgan fingerprint density at radius 2 is 1.82 bits per heavy atom. The van der Waals surface area contributed by atoms with Crippen LogP contribution in [0.3, 0.4) is 0 Å². The van der Waals surface area contributed by atoms with Gasteiger partial charge in [0, 0.05) is 24.8 Å². The van der Waals surface area contributed by atoms with Gasteiger partial charge in [0.15, 0.2) is 0 Å². The lowest BCUT2D eigenvalue weighted by Crippen LogP contribution is -2.36. The van der Waals surface area contributed by atoms with Crippen molar-refractivity contribution in [2.24, 2.45) is 0 Å². The van der Waals surface area contributed by atoms with Crippen molar-refractivity contribution in [3.05, 3.63) is 68.9 Å². The molecule has 34 heavy (non-hydrogen) atoms. The van der Waals surface area contributed by atoms with Gasteiger partial charge in [0.1, 0.15) is 18.0 Å². The third-order valence-corrected chi connectivity index (χ3v) is 6.40. The number of carbonyl (C=O) groups excluding carboxylic acids is 3. The highest BCUT2D eigenvalue weighted by molar-refractivity contribution is 8.18. The van der Waals surface area contributed by atoms with Crippen molar-refractivity contribution in [1.29, 1.82) is 0 Å². The highest BCUT2D eigenvalue weighted by atomic mass is 32.2. The van der Waals surface area contributed by atoms with Crippen molar-refractivity contribution in [2.45, 2.75) is 19.3 Å². The molecule has 2 aliphatic heterocycles. The molecule has 9 nitrogen and oxygen atoms in total. The number of rotatable bonds is 6.